The maximum absolute atomic E-state index is 11.8. The molecule has 2 aromatic rings. The fourth-order valence-corrected chi connectivity index (χ4v) is 1.61. The Morgan fingerprint density at radius 1 is 1.24 bits per heavy atom. The summed E-state index contributed by atoms with van der Waals surface area (Å²) in [5.41, 5.74) is 0.969. The molecule has 8 nitrogen and oxygen atoms in total. The minimum atomic E-state index is -0.433. The van der Waals surface area contributed by atoms with Crippen molar-refractivity contribution in [2.75, 3.05) is 18.5 Å². The van der Waals surface area contributed by atoms with Gasteiger partial charge in [0.2, 0.25) is 5.82 Å². The topological polar surface area (TPSA) is 120 Å². The van der Waals surface area contributed by atoms with Crippen LogP contribution >= 0.6 is 0 Å². The van der Waals surface area contributed by atoms with E-state index in [1.807, 2.05) is 0 Å². The molecule has 0 saturated heterocycles. The first-order valence-corrected chi connectivity index (χ1v) is 6.29. The Kier molecular flexibility index (Phi) is 4.62. The second kappa shape index (κ2) is 6.62. The molecule has 0 saturated carbocycles. The van der Waals surface area contributed by atoms with Crippen molar-refractivity contribution in [1.82, 2.24) is 20.5 Å². The minimum absolute atomic E-state index is 0.0530. The largest absolute Gasteiger partial charge is 0.395 e. The van der Waals surface area contributed by atoms with Crippen molar-refractivity contribution in [3.8, 4) is 0 Å². The number of benzene rings is 1. The van der Waals surface area contributed by atoms with Gasteiger partial charge in [-0.1, -0.05) is 0 Å². The summed E-state index contributed by atoms with van der Waals surface area (Å²) < 4.78 is 0. The summed E-state index contributed by atoms with van der Waals surface area (Å²) >= 11 is 0. The summed E-state index contributed by atoms with van der Waals surface area (Å²) in [6, 6.07) is 6.35. The smallest absolute Gasteiger partial charge is 0.295 e. The van der Waals surface area contributed by atoms with E-state index in [0.29, 0.717) is 17.1 Å². The SMILES string of the molecule is Cc1nc(C(=O)Nc2ccc(C(=O)NCCO)cc2)n[nH]1. The first-order chi connectivity index (χ1) is 10.1. The number of nitrogens with zero attached hydrogens (tertiary/aromatic N) is 2. The number of H-pyrrole nitrogens is 1. The van der Waals surface area contributed by atoms with Gasteiger partial charge in [-0.25, -0.2) is 4.98 Å². The van der Waals surface area contributed by atoms with E-state index >= 15 is 0 Å². The van der Waals surface area contributed by atoms with Crippen molar-refractivity contribution in [2.45, 2.75) is 6.92 Å². The van der Waals surface area contributed by atoms with Crippen LogP contribution in [0.5, 0.6) is 0 Å². The van der Waals surface area contributed by atoms with E-state index in [0.717, 1.165) is 0 Å². The summed E-state index contributed by atoms with van der Waals surface area (Å²) in [6.45, 7) is 1.78. The predicted molar refractivity (Wildman–Crippen MR) is 74.9 cm³/mol. The number of aliphatic hydroxyl groups excluding tert-OH is 1. The third-order valence-corrected chi connectivity index (χ3v) is 2.60. The van der Waals surface area contributed by atoms with Crippen LogP contribution in [0.25, 0.3) is 0 Å². The average Bonchev–Trinajstić information content (AvgIpc) is 2.92. The number of hydrogen-bond acceptors (Lipinski definition) is 5. The first kappa shape index (κ1) is 14.7. The monoisotopic (exact) mass is 289 g/mol. The van der Waals surface area contributed by atoms with Gasteiger partial charge in [-0.05, 0) is 31.2 Å². The summed E-state index contributed by atoms with van der Waals surface area (Å²) in [7, 11) is 0. The van der Waals surface area contributed by atoms with Crippen LogP contribution < -0.4 is 10.6 Å². The first-order valence-electron chi connectivity index (χ1n) is 6.29. The number of amides is 2. The van der Waals surface area contributed by atoms with Gasteiger partial charge < -0.3 is 15.7 Å². The lowest BCUT2D eigenvalue weighted by Gasteiger charge is -2.05. The third-order valence-electron chi connectivity index (χ3n) is 2.60. The average molecular weight is 289 g/mol. The van der Waals surface area contributed by atoms with E-state index in [1.165, 1.54) is 0 Å². The Hall–Kier alpha value is -2.74. The molecule has 110 valence electrons. The second-order valence-corrected chi connectivity index (χ2v) is 4.26. The van der Waals surface area contributed by atoms with Gasteiger partial charge in [-0.15, -0.1) is 5.10 Å². The molecule has 0 unspecified atom stereocenters. The summed E-state index contributed by atoms with van der Waals surface area (Å²) in [4.78, 5) is 27.4. The number of aryl methyl sites for hydroxylation is 1. The lowest BCUT2D eigenvalue weighted by Crippen LogP contribution is -2.26. The van der Waals surface area contributed by atoms with Crippen LogP contribution in [0.3, 0.4) is 0 Å². The maximum Gasteiger partial charge on any atom is 0.295 e. The van der Waals surface area contributed by atoms with Gasteiger partial charge >= 0.3 is 0 Å². The number of nitrogens with one attached hydrogen (secondary N) is 3. The highest BCUT2D eigenvalue weighted by Crippen LogP contribution is 2.10. The predicted octanol–water partition coefficient (Wildman–Crippen LogP) is 0.0875. The van der Waals surface area contributed by atoms with Crippen molar-refractivity contribution >= 4 is 17.5 Å². The fourth-order valence-electron chi connectivity index (χ4n) is 1.61. The quantitative estimate of drug-likeness (QED) is 0.621. The molecule has 2 amide bonds. The molecule has 1 aromatic heterocycles. The number of carbonyl (C=O) groups excluding carboxylic acids is 2. The molecule has 1 heterocycles. The molecule has 21 heavy (non-hydrogen) atoms. The van der Waals surface area contributed by atoms with Crippen LogP contribution in [0.15, 0.2) is 24.3 Å². The summed E-state index contributed by atoms with van der Waals surface area (Å²) in [6.07, 6.45) is 0. The Morgan fingerprint density at radius 2 is 1.95 bits per heavy atom. The van der Waals surface area contributed by atoms with Gasteiger partial charge in [0, 0.05) is 17.8 Å². The van der Waals surface area contributed by atoms with Crippen molar-refractivity contribution in [3.05, 3.63) is 41.5 Å². The molecule has 4 N–H and O–H groups in total. The van der Waals surface area contributed by atoms with E-state index in [-0.39, 0.29) is 24.9 Å². The van der Waals surface area contributed by atoms with E-state index in [4.69, 9.17) is 5.11 Å². The van der Waals surface area contributed by atoms with Gasteiger partial charge in [-0.3, -0.25) is 14.7 Å². The van der Waals surface area contributed by atoms with E-state index < -0.39 is 5.91 Å². The number of aromatic nitrogens is 3. The van der Waals surface area contributed by atoms with Crippen LogP contribution in [0, 0.1) is 6.92 Å². The lowest BCUT2D eigenvalue weighted by atomic mass is 10.2. The molecule has 0 bridgehead atoms. The van der Waals surface area contributed by atoms with E-state index in [1.54, 1.807) is 31.2 Å². The molecule has 0 aliphatic rings. The summed E-state index contributed by atoms with van der Waals surface area (Å²) in [5, 5.41) is 20.1. The van der Waals surface area contributed by atoms with E-state index in [9.17, 15) is 9.59 Å². The van der Waals surface area contributed by atoms with Crippen molar-refractivity contribution < 1.29 is 14.7 Å². The molecular weight excluding hydrogens is 274 g/mol. The zero-order valence-electron chi connectivity index (χ0n) is 11.4. The van der Waals surface area contributed by atoms with Crippen LogP contribution in [0.2, 0.25) is 0 Å². The molecule has 0 fully saturated rings. The number of carbonyl (C=O) groups is 2. The Labute approximate surface area is 120 Å². The van der Waals surface area contributed by atoms with Crippen molar-refractivity contribution in [3.63, 3.8) is 0 Å². The van der Waals surface area contributed by atoms with Crippen molar-refractivity contribution in [1.29, 1.82) is 0 Å². The second-order valence-electron chi connectivity index (χ2n) is 4.26. The number of hydrogen-bond donors (Lipinski definition) is 4. The molecule has 0 aliphatic heterocycles. The van der Waals surface area contributed by atoms with Crippen LogP contribution in [0.4, 0.5) is 5.69 Å². The van der Waals surface area contributed by atoms with Gasteiger partial charge in [-0.2, -0.15) is 0 Å². The third kappa shape index (κ3) is 3.86. The molecular formula is C13H15N5O3. The number of aromatic amines is 1. The van der Waals surface area contributed by atoms with Crippen LogP contribution in [0.1, 0.15) is 26.8 Å². The molecule has 0 radical (unpaired) electrons. The highest BCUT2D eigenvalue weighted by molar-refractivity contribution is 6.02. The Balaban J connectivity index is 1.99. The molecule has 2 rings (SSSR count). The zero-order chi connectivity index (χ0) is 15.2. The number of anilines is 1. The van der Waals surface area contributed by atoms with Crippen molar-refractivity contribution in [2.24, 2.45) is 0 Å². The Morgan fingerprint density at radius 3 is 2.52 bits per heavy atom. The van der Waals surface area contributed by atoms with Gasteiger partial charge in [0.15, 0.2) is 0 Å². The Bertz CT molecular complexity index is 636. The van der Waals surface area contributed by atoms with Gasteiger partial charge in [0.1, 0.15) is 5.82 Å². The molecule has 8 heteroatoms. The van der Waals surface area contributed by atoms with Crippen LogP contribution in [-0.4, -0.2) is 45.3 Å². The highest BCUT2D eigenvalue weighted by atomic mass is 16.3. The van der Waals surface area contributed by atoms with Gasteiger partial charge in [0.25, 0.3) is 11.8 Å². The standard InChI is InChI=1S/C13H15N5O3/c1-8-15-11(18-17-8)13(21)16-10-4-2-9(3-5-10)12(20)14-6-7-19/h2-5,19H,6-7H2,1H3,(H,14,20)(H,16,21)(H,15,17,18). The van der Waals surface area contributed by atoms with Crippen LogP contribution in [-0.2, 0) is 0 Å². The normalized spacial score (nSPS) is 10.2. The fraction of sp³-hybridized carbons (Fsp3) is 0.231. The molecule has 1 aromatic carbocycles. The molecule has 0 spiro atoms. The number of rotatable bonds is 5. The van der Waals surface area contributed by atoms with E-state index in [2.05, 4.69) is 25.8 Å². The maximum atomic E-state index is 11.8. The highest BCUT2D eigenvalue weighted by Gasteiger charge is 2.11. The van der Waals surface area contributed by atoms with Gasteiger partial charge in [0.05, 0.1) is 6.61 Å². The molecule has 0 aliphatic carbocycles. The zero-order valence-corrected chi connectivity index (χ0v) is 11.4. The summed E-state index contributed by atoms with van der Waals surface area (Å²) in [5.74, 6) is -0.114. The minimum Gasteiger partial charge on any atom is -0.395 e. The molecule has 0 atom stereocenters. The number of aliphatic hydroxyl groups is 1. The lowest BCUT2D eigenvalue weighted by molar-refractivity contribution is 0.0944.